The second kappa shape index (κ2) is 5.66. The van der Waals surface area contributed by atoms with E-state index in [4.69, 9.17) is 0 Å². The molecule has 1 unspecified atom stereocenters. The summed E-state index contributed by atoms with van der Waals surface area (Å²) in [5.41, 5.74) is 6.02. The maximum atomic E-state index is 13.5. The van der Waals surface area contributed by atoms with Crippen molar-refractivity contribution in [2.24, 2.45) is 0 Å². The number of anilines is 1. The third-order valence-electron chi connectivity index (χ3n) is 4.58. The molecule has 0 spiro atoms. The van der Waals surface area contributed by atoms with Gasteiger partial charge in [0.05, 0.1) is 11.7 Å². The Morgan fingerprint density at radius 3 is 2.83 bits per heavy atom. The van der Waals surface area contributed by atoms with Gasteiger partial charge in [-0.05, 0) is 36.2 Å². The van der Waals surface area contributed by atoms with Crippen LogP contribution in [-0.2, 0) is 6.54 Å². The largest absolute Gasteiger partial charge is 0.336 e. The number of carbonyl (C=O) groups is 1. The van der Waals surface area contributed by atoms with E-state index in [1.54, 1.807) is 6.07 Å². The van der Waals surface area contributed by atoms with Crippen molar-refractivity contribution < 1.29 is 9.18 Å². The molecule has 0 aromatic heterocycles. The Balaban J connectivity index is 1.50. The van der Waals surface area contributed by atoms with Gasteiger partial charge < -0.3 is 9.91 Å². The molecule has 4 nitrogen and oxygen atoms in total. The lowest BCUT2D eigenvalue weighted by atomic mass is 10.1. The minimum Gasteiger partial charge on any atom is -0.336 e. The summed E-state index contributed by atoms with van der Waals surface area (Å²) >= 11 is 0. The standard InChI is InChI=1S/C18H18FN3O/c19-15-7-6-14-11-20-22(17(14)10-15)16-8-9-21(12-16)18(23)13-4-2-1-3-5-13/h1-7,10,16,20H,8-9,11-12H2. The fourth-order valence-electron chi connectivity index (χ4n) is 3.39. The molecule has 2 aliphatic heterocycles. The molecule has 1 atom stereocenters. The van der Waals surface area contributed by atoms with Gasteiger partial charge in [0.25, 0.3) is 5.91 Å². The van der Waals surface area contributed by atoms with E-state index in [9.17, 15) is 9.18 Å². The van der Waals surface area contributed by atoms with Crippen molar-refractivity contribution in [2.75, 3.05) is 18.1 Å². The van der Waals surface area contributed by atoms with Gasteiger partial charge in [0.15, 0.2) is 0 Å². The predicted octanol–water partition coefficient (Wildman–Crippen LogP) is 2.57. The summed E-state index contributed by atoms with van der Waals surface area (Å²) in [4.78, 5) is 14.4. The number of rotatable bonds is 2. The van der Waals surface area contributed by atoms with Crippen LogP contribution in [0.3, 0.4) is 0 Å². The van der Waals surface area contributed by atoms with Crippen LogP contribution in [0.4, 0.5) is 10.1 Å². The van der Waals surface area contributed by atoms with Gasteiger partial charge in [-0.2, -0.15) is 0 Å². The van der Waals surface area contributed by atoms with E-state index >= 15 is 0 Å². The first kappa shape index (κ1) is 14.2. The summed E-state index contributed by atoms with van der Waals surface area (Å²) in [6.07, 6.45) is 0.877. The average molecular weight is 311 g/mol. The molecule has 1 amide bonds. The van der Waals surface area contributed by atoms with Crippen molar-refractivity contribution in [1.29, 1.82) is 0 Å². The van der Waals surface area contributed by atoms with Crippen LogP contribution in [0.2, 0.25) is 0 Å². The van der Waals surface area contributed by atoms with Crippen LogP contribution in [0.25, 0.3) is 0 Å². The Morgan fingerprint density at radius 1 is 1.17 bits per heavy atom. The summed E-state index contributed by atoms with van der Waals surface area (Å²) in [6, 6.07) is 14.4. The molecule has 2 aromatic carbocycles. The Labute approximate surface area is 134 Å². The van der Waals surface area contributed by atoms with Crippen molar-refractivity contribution >= 4 is 11.6 Å². The van der Waals surface area contributed by atoms with E-state index in [1.807, 2.05) is 46.3 Å². The second-order valence-corrected chi connectivity index (χ2v) is 6.04. The van der Waals surface area contributed by atoms with E-state index in [2.05, 4.69) is 5.43 Å². The molecular weight excluding hydrogens is 293 g/mol. The Morgan fingerprint density at radius 2 is 2.00 bits per heavy atom. The summed E-state index contributed by atoms with van der Waals surface area (Å²) in [7, 11) is 0. The van der Waals surface area contributed by atoms with E-state index in [0.29, 0.717) is 18.7 Å². The summed E-state index contributed by atoms with van der Waals surface area (Å²) in [5.74, 6) is -0.167. The van der Waals surface area contributed by atoms with Crippen LogP contribution in [0.5, 0.6) is 0 Å². The Hall–Kier alpha value is -2.40. The molecule has 2 aromatic rings. The number of hydrogen-bond acceptors (Lipinski definition) is 3. The highest BCUT2D eigenvalue weighted by Crippen LogP contribution is 2.30. The third kappa shape index (κ3) is 2.57. The number of likely N-dealkylation sites (tertiary alicyclic amines) is 1. The number of halogens is 1. The number of hydrogen-bond donors (Lipinski definition) is 1. The van der Waals surface area contributed by atoms with Gasteiger partial charge >= 0.3 is 0 Å². The highest BCUT2D eigenvalue weighted by atomic mass is 19.1. The molecule has 2 aliphatic rings. The SMILES string of the molecule is O=C(c1ccccc1)N1CCC(N2NCc3ccc(F)cc32)C1. The fraction of sp³-hybridized carbons (Fsp3) is 0.278. The molecule has 0 saturated carbocycles. The number of nitrogens with one attached hydrogen (secondary N) is 1. The van der Waals surface area contributed by atoms with Gasteiger partial charge in [-0.3, -0.25) is 4.79 Å². The number of nitrogens with zero attached hydrogens (tertiary/aromatic N) is 2. The zero-order chi connectivity index (χ0) is 15.8. The molecule has 1 saturated heterocycles. The zero-order valence-corrected chi connectivity index (χ0v) is 12.7. The maximum Gasteiger partial charge on any atom is 0.253 e. The number of benzene rings is 2. The molecular formula is C18H18FN3O. The minimum atomic E-state index is -0.229. The molecule has 0 bridgehead atoms. The van der Waals surface area contributed by atoms with Crippen LogP contribution in [-0.4, -0.2) is 29.9 Å². The normalized spacial score (nSPS) is 20.0. The van der Waals surface area contributed by atoms with Gasteiger partial charge in [0.1, 0.15) is 5.82 Å². The monoisotopic (exact) mass is 311 g/mol. The first-order valence-electron chi connectivity index (χ1n) is 7.88. The minimum absolute atomic E-state index is 0.0618. The quantitative estimate of drug-likeness (QED) is 0.926. The molecule has 5 heteroatoms. The topological polar surface area (TPSA) is 35.6 Å². The Kier molecular flexibility index (Phi) is 3.50. The summed E-state index contributed by atoms with van der Waals surface area (Å²) in [5, 5.41) is 2.02. The molecule has 0 aliphatic carbocycles. The first-order valence-corrected chi connectivity index (χ1v) is 7.88. The van der Waals surface area contributed by atoms with Gasteiger partial charge in [0.2, 0.25) is 0 Å². The molecule has 1 N–H and O–H groups in total. The Bertz CT molecular complexity index is 734. The lowest BCUT2D eigenvalue weighted by Crippen LogP contribution is -2.44. The van der Waals surface area contributed by atoms with Crippen molar-refractivity contribution in [1.82, 2.24) is 10.3 Å². The van der Waals surface area contributed by atoms with Crippen molar-refractivity contribution in [2.45, 2.75) is 19.0 Å². The van der Waals surface area contributed by atoms with Gasteiger partial charge in [0, 0.05) is 25.2 Å². The van der Waals surface area contributed by atoms with E-state index in [1.165, 1.54) is 6.07 Å². The van der Waals surface area contributed by atoms with E-state index < -0.39 is 0 Å². The molecule has 118 valence electrons. The molecule has 2 heterocycles. The molecule has 1 fully saturated rings. The van der Waals surface area contributed by atoms with Gasteiger partial charge in [-0.15, -0.1) is 0 Å². The fourth-order valence-corrected chi connectivity index (χ4v) is 3.39. The van der Waals surface area contributed by atoms with Gasteiger partial charge in [-0.25, -0.2) is 9.82 Å². The van der Waals surface area contributed by atoms with E-state index in [-0.39, 0.29) is 17.8 Å². The maximum absolute atomic E-state index is 13.5. The summed E-state index contributed by atoms with van der Waals surface area (Å²) < 4.78 is 13.5. The summed E-state index contributed by atoms with van der Waals surface area (Å²) in [6.45, 7) is 2.08. The molecule has 4 rings (SSSR count). The second-order valence-electron chi connectivity index (χ2n) is 6.04. The lowest BCUT2D eigenvalue weighted by Gasteiger charge is -2.27. The smallest absolute Gasteiger partial charge is 0.253 e. The molecule has 0 radical (unpaired) electrons. The van der Waals surface area contributed by atoms with E-state index in [0.717, 1.165) is 24.2 Å². The number of amides is 1. The third-order valence-corrected chi connectivity index (χ3v) is 4.58. The number of hydrazine groups is 1. The zero-order valence-electron chi connectivity index (χ0n) is 12.7. The van der Waals surface area contributed by atoms with Crippen LogP contribution in [0.15, 0.2) is 48.5 Å². The van der Waals surface area contributed by atoms with Crippen LogP contribution < -0.4 is 10.4 Å². The van der Waals surface area contributed by atoms with Crippen molar-refractivity contribution in [3.8, 4) is 0 Å². The first-order chi connectivity index (χ1) is 11.2. The number of fused-ring (bicyclic) bond motifs is 1. The lowest BCUT2D eigenvalue weighted by molar-refractivity contribution is 0.0790. The molecule has 23 heavy (non-hydrogen) atoms. The highest BCUT2D eigenvalue weighted by molar-refractivity contribution is 5.94. The van der Waals surface area contributed by atoms with Crippen LogP contribution in [0.1, 0.15) is 22.3 Å². The highest BCUT2D eigenvalue weighted by Gasteiger charge is 2.34. The van der Waals surface area contributed by atoms with Crippen molar-refractivity contribution in [3.05, 3.63) is 65.5 Å². The van der Waals surface area contributed by atoms with Crippen molar-refractivity contribution in [3.63, 3.8) is 0 Å². The predicted molar refractivity (Wildman–Crippen MR) is 86.5 cm³/mol. The van der Waals surface area contributed by atoms with Crippen LogP contribution in [0, 0.1) is 5.82 Å². The average Bonchev–Trinajstić information content (AvgIpc) is 3.21. The van der Waals surface area contributed by atoms with Gasteiger partial charge in [-0.1, -0.05) is 24.3 Å². The van der Waals surface area contributed by atoms with Crippen LogP contribution >= 0.6 is 0 Å². The number of carbonyl (C=O) groups excluding carboxylic acids is 1.